The molecular weight excluding hydrogens is 482 g/mol. The first-order chi connectivity index (χ1) is 14.9. The maximum Gasteiger partial charge on any atom is 0.335 e. The number of rotatable bonds is 7. The van der Waals surface area contributed by atoms with Gasteiger partial charge >= 0.3 is 5.97 Å². The third-order valence-electron chi connectivity index (χ3n) is 4.40. The summed E-state index contributed by atoms with van der Waals surface area (Å²) in [7, 11) is 1.52. The monoisotopic (exact) mass is 497 g/mol. The number of nitrogens with zero attached hydrogens (tertiary/aromatic N) is 1. The number of ether oxygens (including phenoxy) is 2. The fourth-order valence-corrected chi connectivity index (χ4v) is 3.74. The highest BCUT2D eigenvalue weighted by molar-refractivity contribution is 9.10. The summed E-state index contributed by atoms with van der Waals surface area (Å²) in [6.07, 6.45) is 1.72. The van der Waals surface area contributed by atoms with Crippen LogP contribution in [0, 0.1) is 11.3 Å². The zero-order chi connectivity index (χ0) is 22.4. The molecule has 3 rings (SSSR count). The van der Waals surface area contributed by atoms with Crippen molar-refractivity contribution in [1.82, 2.24) is 0 Å². The second-order valence-corrected chi connectivity index (χ2v) is 7.74. The Bertz CT molecular complexity index is 1200. The SMILES string of the molecule is COc1cc(C=C(C#N)c2ccccc2Cl)cc(Br)c1OCc1cccc(C(=O)O)c1. The zero-order valence-electron chi connectivity index (χ0n) is 16.4. The molecule has 3 aromatic rings. The molecule has 0 aliphatic carbocycles. The Hall–Kier alpha value is -3.27. The Morgan fingerprint density at radius 2 is 1.97 bits per heavy atom. The van der Waals surface area contributed by atoms with E-state index in [1.54, 1.807) is 54.6 Å². The van der Waals surface area contributed by atoms with Crippen molar-refractivity contribution in [2.45, 2.75) is 6.61 Å². The molecule has 31 heavy (non-hydrogen) atoms. The minimum absolute atomic E-state index is 0.161. The highest BCUT2D eigenvalue weighted by Crippen LogP contribution is 2.38. The number of carboxylic acids is 1. The molecule has 3 aromatic carbocycles. The van der Waals surface area contributed by atoms with Crippen molar-refractivity contribution in [1.29, 1.82) is 5.26 Å². The van der Waals surface area contributed by atoms with Gasteiger partial charge in [-0.2, -0.15) is 5.26 Å². The van der Waals surface area contributed by atoms with Gasteiger partial charge in [0.1, 0.15) is 6.61 Å². The standard InChI is InChI=1S/C24H17BrClNO4/c1-30-22-12-16(10-18(13-27)19-7-2-3-8-21(19)26)11-20(25)23(22)31-14-15-5-4-6-17(9-15)24(28)29/h2-12H,14H2,1H3,(H,28,29). The molecule has 0 aliphatic rings. The van der Waals surface area contributed by atoms with Crippen LogP contribution in [0.3, 0.4) is 0 Å². The number of methoxy groups -OCH3 is 1. The van der Waals surface area contributed by atoms with Gasteiger partial charge in [0, 0.05) is 10.6 Å². The molecule has 5 nitrogen and oxygen atoms in total. The summed E-state index contributed by atoms with van der Waals surface area (Å²) in [4.78, 5) is 11.2. The average molecular weight is 499 g/mol. The number of hydrogen-bond acceptors (Lipinski definition) is 4. The number of halogens is 2. The summed E-state index contributed by atoms with van der Waals surface area (Å²) >= 11 is 9.72. The largest absolute Gasteiger partial charge is 0.493 e. The van der Waals surface area contributed by atoms with Crippen LogP contribution in [0.1, 0.15) is 27.0 Å². The van der Waals surface area contributed by atoms with Gasteiger partial charge in [0.25, 0.3) is 0 Å². The van der Waals surface area contributed by atoms with Crippen LogP contribution in [-0.2, 0) is 6.61 Å². The topological polar surface area (TPSA) is 79.5 Å². The van der Waals surface area contributed by atoms with Crippen LogP contribution in [0.5, 0.6) is 11.5 Å². The third kappa shape index (κ3) is 5.46. The van der Waals surface area contributed by atoms with E-state index in [1.165, 1.54) is 13.2 Å². The summed E-state index contributed by atoms with van der Waals surface area (Å²) in [6.45, 7) is 0.161. The van der Waals surface area contributed by atoms with E-state index in [0.29, 0.717) is 37.7 Å². The van der Waals surface area contributed by atoms with Gasteiger partial charge in [-0.3, -0.25) is 0 Å². The van der Waals surface area contributed by atoms with Crippen LogP contribution >= 0.6 is 27.5 Å². The summed E-state index contributed by atoms with van der Waals surface area (Å²) in [5, 5.41) is 19.2. The van der Waals surface area contributed by atoms with Crippen LogP contribution in [0.25, 0.3) is 11.6 Å². The number of nitriles is 1. The predicted octanol–water partition coefficient (Wildman–Crippen LogP) is 6.45. The van der Waals surface area contributed by atoms with Crippen LogP contribution in [-0.4, -0.2) is 18.2 Å². The maximum atomic E-state index is 11.2. The Balaban J connectivity index is 1.90. The van der Waals surface area contributed by atoms with E-state index < -0.39 is 5.97 Å². The fourth-order valence-electron chi connectivity index (χ4n) is 2.93. The fraction of sp³-hybridized carbons (Fsp3) is 0.0833. The maximum absolute atomic E-state index is 11.2. The Morgan fingerprint density at radius 3 is 2.65 bits per heavy atom. The minimum Gasteiger partial charge on any atom is -0.493 e. The number of carboxylic acid groups (broad SMARTS) is 1. The van der Waals surface area contributed by atoms with Gasteiger partial charge in [0.15, 0.2) is 11.5 Å². The van der Waals surface area contributed by atoms with Crippen molar-refractivity contribution in [3.8, 4) is 17.6 Å². The molecular formula is C24H17BrClNO4. The highest BCUT2D eigenvalue weighted by Gasteiger charge is 2.13. The van der Waals surface area contributed by atoms with Crippen molar-refractivity contribution >= 4 is 45.1 Å². The lowest BCUT2D eigenvalue weighted by molar-refractivity contribution is 0.0696. The molecule has 0 aromatic heterocycles. The lowest BCUT2D eigenvalue weighted by Crippen LogP contribution is -2.02. The summed E-state index contributed by atoms with van der Waals surface area (Å²) in [5.41, 5.74) is 2.68. The normalized spacial score (nSPS) is 11.0. The highest BCUT2D eigenvalue weighted by atomic mass is 79.9. The molecule has 0 fully saturated rings. The molecule has 0 amide bonds. The molecule has 1 N–H and O–H groups in total. The lowest BCUT2D eigenvalue weighted by atomic mass is 10.0. The first kappa shape index (κ1) is 22.4. The molecule has 0 unspecified atom stereocenters. The van der Waals surface area contributed by atoms with Gasteiger partial charge in [-0.1, -0.05) is 41.9 Å². The Morgan fingerprint density at radius 1 is 1.19 bits per heavy atom. The second-order valence-electron chi connectivity index (χ2n) is 6.48. The average Bonchev–Trinajstić information content (AvgIpc) is 2.77. The van der Waals surface area contributed by atoms with Gasteiger partial charge in [0.05, 0.1) is 28.8 Å². The molecule has 0 saturated carbocycles. The first-order valence-corrected chi connectivity index (χ1v) is 10.3. The van der Waals surface area contributed by atoms with E-state index in [-0.39, 0.29) is 12.2 Å². The summed E-state index contributed by atoms with van der Waals surface area (Å²) < 4.78 is 12.0. The van der Waals surface area contributed by atoms with Crippen molar-refractivity contribution < 1.29 is 19.4 Å². The van der Waals surface area contributed by atoms with Crippen LogP contribution < -0.4 is 9.47 Å². The number of carbonyl (C=O) groups is 1. The van der Waals surface area contributed by atoms with Crippen molar-refractivity contribution in [2.24, 2.45) is 0 Å². The molecule has 0 heterocycles. The molecule has 0 atom stereocenters. The van der Waals surface area contributed by atoms with Crippen LogP contribution in [0.2, 0.25) is 5.02 Å². The predicted molar refractivity (Wildman–Crippen MR) is 123 cm³/mol. The molecule has 0 bridgehead atoms. The molecule has 156 valence electrons. The van der Waals surface area contributed by atoms with E-state index >= 15 is 0 Å². The van der Waals surface area contributed by atoms with E-state index in [1.807, 2.05) is 6.07 Å². The van der Waals surface area contributed by atoms with Crippen LogP contribution in [0.4, 0.5) is 0 Å². The number of allylic oxidation sites excluding steroid dienone is 1. The van der Waals surface area contributed by atoms with E-state index in [2.05, 4.69) is 22.0 Å². The van der Waals surface area contributed by atoms with Gasteiger partial charge in [-0.25, -0.2) is 4.79 Å². The van der Waals surface area contributed by atoms with Crippen molar-refractivity contribution in [3.05, 3.63) is 92.4 Å². The molecule has 7 heteroatoms. The second kappa shape index (κ2) is 10.2. The van der Waals surface area contributed by atoms with Gasteiger partial charge in [-0.15, -0.1) is 0 Å². The van der Waals surface area contributed by atoms with Crippen LogP contribution in [0.15, 0.2) is 65.1 Å². The van der Waals surface area contributed by atoms with Crippen molar-refractivity contribution in [3.63, 3.8) is 0 Å². The van der Waals surface area contributed by atoms with E-state index in [4.69, 9.17) is 26.2 Å². The Kier molecular flexibility index (Phi) is 7.35. The summed E-state index contributed by atoms with van der Waals surface area (Å²) in [5.74, 6) is -0.0633. The third-order valence-corrected chi connectivity index (χ3v) is 5.32. The van der Waals surface area contributed by atoms with Gasteiger partial charge in [0.2, 0.25) is 0 Å². The molecule has 0 aliphatic heterocycles. The molecule has 0 spiro atoms. The number of aromatic carboxylic acids is 1. The minimum atomic E-state index is -0.997. The first-order valence-electron chi connectivity index (χ1n) is 9.12. The van der Waals surface area contributed by atoms with E-state index in [0.717, 1.165) is 5.56 Å². The van der Waals surface area contributed by atoms with Crippen molar-refractivity contribution in [2.75, 3.05) is 7.11 Å². The van der Waals surface area contributed by atoms with E-state index in [9.17, 15) is 10.1 Å². The van der Waals surface area contributed by atoms with Gasteiger partial charge < -0.3 is 14.6 Å². The Labute approximate surface area is 193 Å². The lowest BCUT2D eigenvalue weighted by Gasteiger charge is -2.14. The zero-order valence-corrected chi connectivity index (χ0v) is 18.8. The number of hydrogen-bond donors (Lipinski definition) is 1. The quantitative estimate of drug-likeness (QED) is 0.299. The summed E-state index contributed by atoms with van der Waals surface area (Å²) in [6, 6.07) is 19.4. The van der Waals surface area contributed by atoms with Gasteiger partial charge in [-0.05, 0) is 63.5 Å². The molecule has 0 saturated heterocycles. The smallest absolute Gasteiger partial charge is 0.335 e. The molecule has 0 radical (unpaired) electrons. The number of benzene rings is 3.